The number of amides is 1. The maximum atomic E-state index is 16.4. The molecule has 192 valence electrons. The summed E-state index contributed by atoms with van der Waals surface area (Å²) in [5.74, 6) is -0.0111. The molecule has 36 heavy (non-hydrogen) atoms. The Labute approximate surface area is 210 Å². The number of nitrogens with zero attached hydrogens (tertiary/aromatic N) is 2. The Kier molecular flexibility index (Phi) is 4.33. The van der Waals surface area contributed by atoms with Crippen LogP contribution in [0.1, 0.15) is 111 Å². The van der Waals surface area contributed by atoms with E-state index in [0.29, 0.717) is 35.8 Å². The molecule has 6 saturated carbocycles. The van der Waals surface area contributed by atoms with Gasteiger partial charge in [0, 0.05) is 29.1 Å². The largest absolute Gasteiger partial charge is 0.390 e. The molecule has 10 rings (SSSR count). The van der Waals surface area contributed by atoms with Gasteiger partial charge in [-0.2, -0.15) is 5.10 Å². The first kappa shape index (κ1) is 22.0. The summed E-state index contributed by atoms with van der Waals surface area (Å²) in [6, 6.07) is 0. The summed E-state index contributed by atoms with van der Waals surface area (Å²) in [5.41, 5.74) is 1.18. The van der Waals surface area contributed by atoms with Crippen LogP contribution in [0.5, 0.6) is 0 Å². The molecule has 9 aliphatic carbocycles. The summed E-state index contributed by atoms with van der Waals surface area (Å²) in [5, 5.41) is 19.3. The highest BCUT2D eigenvalue weighted by atomic mass is 19.1. The van der Waals surface area contributed by atoms with E-state index in [4.69, 9.17) is 5.10 Å². The van der Waals surface area contributed by atoms with Gasteiger partial charge in [0.15, 0.2) is 5.69 Å². The van der Waals surface area contributed by atoms with Gasteiger partial charge in [-0.1, -0.05) is 0 Å². The van der Waals surface area contributed by atoms with Crippen molar-refractivity contribution < 1.29 is 18.7 Å². The van der Waals surface area contributed by atoms with Crippen molar-refractivity contribution >= 4 is 5.91 Å². The molecule has 1 amide bonds. The molecule has 2 N–H and O–H groups in total. The summed E-state index contributed by atoms with van der Waals surface area (Å²) in [7, 11) is 0. The number of carbonyl (C=O) groups excluding carboxylic acids is 1. The van der Waals surface area contributed by atoms with Crippen molar-refractivity contribution in [3.63, 3.8) is 0 Å². The highest BCUT2D eigenvalue weighted by molar-refractivity contribution is 5.95. The van der Waals surface area contributed by atoms with Crippen molar-refractivity contribution in [1.29, 1.82) is 0 Å². The first-order valence-electron chi connectivity index (χ1n) is 14.1. The van der Waals surface area contributed by atoms with Gasteiger partial charge in [-0.15, -0.1) is 0 Å². The van der Waals surface area contributed by atoms with Gasteiger partial charge in [-0.3, -0.25) is 4.79 Å². The van der Waals surface area contributed by atoms with E-state index in [1.165, 1.54) is 29.3 Å². The smallest absolute Gasteiger partial charge is 0.272 e. The van der Waals surface area contributed by atoms with Crippen LogP contribution >= 0.6 is 0 Å². The lowest BCUT2D eigenvalue weighted by Gasteiger charge is -2.60. The maximum absolute atomic E-state index is 16.4. The summed E-state index contributed by atoms with van der Waals surface area (Å²) in [6.45, 7) is 0. The average Bonchev–Trinajstić information content (AvgIpc) is 3.12. The van der Waals surface area contributed by atoms with Crippen LogP contribution in [0.4, 0.5) is 8.78 Å². The van der Waals surface area contributed by atoms with Gasteiger partial charge < -0.3 is 10.4 Å². The van der Waals surface area contributed by atoms with E-state index in [1.54, 1.807) is 0 Å². The van der Waals surface area contributed by atoms with Gasteiger partial charge in [0.1, 0.15) is 5.83 Å². The number of rotatable bonds is 3. The van der Waals surface area contributed by atoms with Crippen molar-refractivity contribution in [2.24, 2.45) is 23.7 Å². The zero-order valence-corrected chi connectivity index (χ0v) is 20.7. The summed E-state index contributed by atoms with van der Waals surface area (Å²) in [6.07, 6.45) is 14.3. The maximum Gasteiger partial charge on any atom is 0.272 e. The molecule has 9 aliphatic rings. The number of aliphatic hydroxyl groups is 1. The number of carbonyl (C=O) groups is 1. The van der Waals surface area contributed by atoms with E-state index in [-0.39, 0.29) is 24.2 Å². The zero-order chi connectivity index (χ0) is 24.4. The predicted molar refractivity (Wildman–Crippen MR) is 130 cm³/mol. The summed E-state index contributed by atoms with van der Waals surface area (Å²) >= 11 is 0. The molecular weight excluding hydrogens is 460 g/mol. The van der Waals surface area contributed by atoms with Crippen molar-refractivity contribution in [3.8, 4) is 0 Å². The number of hydrogen-bond donors (Lipinski definition) is 2. The minimum absolute atomic E-state index is 0.116. The third-order valence-corrected chi connectivity index (χ3v) is 10.9. The first-order chi connectivity index (χ1) is 17.2. The standard InChI is InChI=1S/C29H35F2N3O2/c30-22-1-3-29(31,4-2-22)34-25-21-9-16-5-17(10-21)8-20(7-16)23(25)24(33-34)26(35)32-27-11-18-6-19(12-27)14-28(36,13-18)15-27/h1-3,16-21,36H,4-15H2,(H,32,35). The topological polar surface area (TPSA) is 67.2 Å². The minimum Gasteiger partial charge on any atom is -0.390 e. The highest BCUT2D eigenvalue weighted by Gasteiger charge is 2.58. The van der Waals surface area contributed by atoms with Crippen LogP contribution in [-0.4, -0.2) is 31.9 Å². The quantitative estimate of drug-likeness (QED) is 0.580. The molecule has 0 spiro atoms. The third kappa shape index (κ3) is 3.13. The van der Waals surface area contributed by atoms with E-state index < -0.39 is 22.8 Å². The number of alkyl halides is 1. The molecule has 1 heterocycles. The SMILES string of the molecule is O=C(NC12CC3CC(CC(O)(C3)C1)C2)c1nn(C2(F)C=CC(F)=CC2)c2c1C1CC3CC(C1)CC2C3. The predicted octanol–water partition coefficient (Wildman–Crippen LogP) is 5.52. The lowest BCUT2D eigenvalue weighted by atomic mass is 9.51. The fraction of sp³-hybridized carbons (Fsp3) is 0.724. The van der Waals surface area contributed by atoms with Gasteiger partial charge in [0.05, 0.1) is 5.60 Å². The summed E-state index contributed by atoms with van der Waals surface area (Å²) in [4.78, 5) is 14.1. The third-order valence-electron chi connectivity index (χ3n) is 10.9. The molecular formula is C29H35F2N3O2. The van der Waals surface area contributed by atoms with Gasteiger partial charge in [-0.25, -0.2) is 13.5 Å². The normalized spacial score (nSPS) is 47.6. The van der Waals surface area contributed by atoms with Crippen molar-refractivity contribution in [1.82, 2.24) is 15.1 Å². The number of aromatic nitrogens is 2. The van der Waals surface area contributed by atoms with Gasteiger partial charge in [0.25, 0.3) is 5.91 Å². The molecule has 0 aromatic carbocycles. The van der Waals surface area contributed by atoms with Crippen LogP contribution in [0.3, 0.4) is 0 Å². The van der Waals surface area contributed by atoms with E-state index in [2.05, 4.69) is 5.32 Å². The van der Waals surface area contributed by atoms with E-state index in [9.17, 15) is 14.3 Å². The number of halogens is 2. The second-order valence-electron chi connectivity index (χ2n) is 13.7. The molecule has 0 aliphatic heterocycles. The number of allylic oxidation sites excluding steroid dienone is 4. The zero-order valence-electron chi connectivity index (χ0n) is 20.7. The molecule has 8 bridgehead atoms. The fourth-order valence-electron chi connectivity index (χ4n) is 10.4. The van der Waals surface area contributed by atoms with E-state index in [1.807, 2.05) is 0 Å². The van der Waals surface area contributed by atoms with Crippen LogP contribution in [0.25, 0.3) is 0 Å². The van der Waals surface area contributed by atoms with Crippen LogP contribution in [0.15, 0.2) is 24.1 Å². The van der Waals surface area contributed by atoms with Crippen molar-refractivity contribution in [2.45, 2.75) is 106 Å². The van der Waals surface area contributed by atoms with Crippen LogP contribution in [-0.2, 0) is 5.79 Å². The Morgan fingerprint density at radius 1 is 1.00 bits per heavy atom. The van der Waals surface area contributed by atoms with Gasteiger partial charge in [0.2, 0.25) is 5.79 Å². The minimum atomic E-state index is -1.96. The van der Waals surface area contributed by atoms with E-state index in [0.717, 1.165) is 69.0 Å². The molecule has 6 fully saturated rings. The second-order valence-corrected chi connectivity index (χ2v) is 13.7. The Bertz CT molecular complexity index is 1190. The average molecular weight is 496 g/mol. The van der Waals surface area contributed by atoms with Gasteiger partial charge in [-0.05, 0) is 118 Å². The number of hydrogen-bond acceptors (Lipinski definition) is 3. The number of nitrogens with one attached hydrogen (secondary N) is 1. The monoisotopic (exact) mass is 495 g/mol. The highest BCUT2D eigenvalue weighted by Crippen LogP contribution is 2.59. The van der Waals surface area contributed by atoms with Crippen LogP contribution in [0.2, 0.25) is 0 Å². The molecule has 0 saturated heterocycles. The first-order valence-corrected chi connectivity index (χ1v) is 14.1. The van der Waals surface area contributed by atoms with Crippen LogP contribution < -0.4 is 5.32 Å². The van der Waals surface area contributed by atoms with Gasteiger partial charge >= 0.3 is 0 Å². The summed E-state index contributed by atoms with van der Waals surface area (Å²) < 4.78 is 31.7. The molecule has 1 aromatic rings. The molecule has 1 aromatic heterocycles. The molecule has 7 heteroatoms. The van der Waals surface area contributed by atoms with Crippen LogP contribution in [0, 0.1) is 23.7 Å². The Morgan fingerprint density at radius 3 is 2.31 bits per heavy atom. The second kappa shape index (κ2) is 7.09. The Hall–Kier alpha value is -2.02. The van der Waals surface area contributed by atoms with E-state index >= 15 is 4.39 Å². The lowest BCUT2D eigenvalue weighted by Crippen LogP contribution is -2.65. The lowest BCUT2D eigenvalue weighted by molar-refractivity contribution is -0.139. The fourth-order valence-corrected chi connectivity index (χ4v) is 10.4. The Balaban J connectivity index is 1.22. The molecule has 5 atom stereocenters. The van der Waals surface area contributed by atoms with Crippen molar-refractivity contribution in [2.75, 3.05) is 0 Å². The Morgan fingerprint density at radius 2 is 1.67 bits per heavy atom. The molecule has 5 unspecified atom stereocenters. The molecule has 5 nitrogen and oxygen atoms in total. The van der Waals surface area contributed by atoms with Crippen molar-refractivity contribution in [3.05, 3.63) is 41.0 Å². The molecule has 0 radical (unpaired) electrons.